The largest absolute Gasteiger partial charge is 0.493 e. The lowest BCUT2D eigenvalue weighted by Crippen LogP contribution is -2.21. The third-order valence-corrected chi connectivity index (χ3v) is 6.43. The van der Waals surface area contributed by atoms with E-state index in [9.17, 15) is 14.9 Å². The number of non-ortho nitro benzene ring substituents is 1. The Labute approximate surface area is 191 Å². The number of nitrogens with zero attached hydrogens (tertiary/aromatic N) is 1. The third-order valence-electron chi connectivity index (χ3n) is 6.43. The molecule has 6 heteroatoms. The van der Waals surface area contributed by atoms with Gasteiger partial charge >= 0.3 is 0 Å². The SMILES string of the molecule is CCC(C)(C)c1ccc(OCCCC(=O)Nc2ccc([N+](=O)[O-])cc2)c(C(C)(C)CC)c1. The fourth-order valence-electron chi connectivity index (χ4n) is 3.31. The summed E-state index contributed by atoms with van der Waals surface area (Å²) in [4.78, 5) is 22.5. The van der Waals surface area contributed by atoms with Gasteiger partial charge in [-0.25, -0.2) is 0 Å². The summed E-state index contributed by atoms with van der Waals surface area (Å²) < 4.78 is 6.11. The Bertz CT molecular complexity index is 933. The minimum absolute atomic E-state index is 0.00412. The number of anilines is 1. The number of amides is 1. The van der Waals surface area contributed by atoms with Crippen molar-refractivity contribution in [3.63, 3.8) is 0 Å². The second-order valence-corrected chi connectivity index (χ2v) is 9.49. The third kappa shape index (κ3) is 6.55. The van der Waals surface area contributed by atoms with E-state index in [2.05, 4.69) is 65.1 Å². The number of nitro benzene ring substituents is 1. The first-order chi connectivity index (χ1) is 15.0. The van der Waals surface area contributed by atoms with E-state index in [-0.39, 0.29) is 22.4 Å². The first-order valence-corrected chi connectivity index (χ1v) is 11.3. The molecule has 0 saturated carbocycles. The van der Waals surface area contributed by atoms with Crippen LogP contribution in [0.4, 0.5) is 11.4 Å². The molecule has 0 aliphatic carbocycles. The Morgan fingerprint density at radius 3 is 2.19 bits per heavy atom. The van der Waals surface area contributed by atoms with Gasteiger partial charge in [0.1, 0.15) is 5.75 Å². The van der Waals surface area contributed by atoms with Gasteiger partial charge in [0.2, 0.25) is 5.91 Å². The van der Waals surface area contributed by atoms with Crippen LogP contribution in [0.2, 0.25) is 0 Å². The topological polar surface area (TPSA) is 81.5 Å². The van der Waals surface area contributed by atoms with E-state index in [0.29, 0.717) is 25.1 Å². The molecule has 2 rings (SSSR count). The van der Waals surface area contributed by atoms with Crippen LogP contribution in [-0.2, 0) is 15.6 Å². The van der Waals surface area contributed by atoms with E-state index in [1.807, 2.05) is 0 Å². The number of nitrogens with one attached hydrogen (secondary N) is 1. The van der Waals surface area contributed by atoms with Crippen LogP contribution in [0, 0.1) is 10.1 Å². The minimum Gasteiger partial charge on any atom is -0.493 e. The number of carbonyl (C=O) groups excluding carboxylic acids is 1. The van der Waals surface area contributed by atoms with Crippen molar-refractivity contribution in [2.75, 3.05) is 11.9 Å². The summed E-state index contributed by atoms with van der Waals surface area (Å²) in [6.07, 6.45) is 2.94. The average Bonchev–Trinajstić information content (AvgIpc) is 2.77. The zero-order chi connectivity index (χ0) is 23.9. The maximum absolute atomic E-state index is 12.2. The van der Waals surface area contributed by atoms with Crippen LogP contribution in [0.3, 0.4) is 0 Å². The number of nitro groups is 1. The van der Waals surface area contributed by atoms with Gasteiger partial charge in [0, 0.05) is 29.8 Å². The van der Waals surface area contributed by atoms with Crippen molar-refractivity contribution < 1.29 is 14.5 Å². The maximum atomic E-state index is 12.2. The summed E-state index contributed by atoms with van der Waals surface area (Å²) in [6, 6.07) is 12.3. The molecule has 0 aromatic heterocycles. The molecule has 0 bridgehead atoms. The van der Waals surface area contributed by atoms with Crippen molar-refractivity contribution in [1.82, 2.24) is 0 Å². The molecule has 1 N–H and O–H groups in total. The highest BCUT2D eigenvalue weighted by molar-refractivity contribution is 5.90. The molecular weight excluding hydrogens is 404 g/mol. The second kappa shape index (κ2) is 10.6. The van der Waals surface area contributed by atoms with Crippen LogP contribution >= 0.6 is 0 Å². The number of rotatable bonds is 11. The lowest BCUT2D eigenvalue weighted by atomic mass is 9.76. The highest BCUT2D eigenvalue weighted by atomic mass is 16.6. The van der Waals surface area contributed by atoms with Crippen LogP contribution in [0.25, 0.3) is 0 Å². The first-order valence-electron chi connectivity index (χ1n) is 11.3. The van der Waals surface area contributed by atoms with Gasteiger partial charge in [-0.2, -0.15) is 0 Å². The predicted molar refractivity (Wildman–Crippen MR) is 130 cm³/mol. The lowest BCUT2D eigenvalue weighted by molar-refractivity contribution is -0.384. The average molecular weight is 441 g/mol. The number of hydrogen-bond acceptors (Lipinski definition) is 4. The highest BCUT2D eigenvalue weighted by Gasteiger charge is 2.26. The lowest BCUT2D eigenvalue weighted by Gasteiger charge is -2.30. The van der Waals surface area contributed by atoms with Crippen molar-refractivity contribution in [1.29, 1.82) is 0 Å². The maximum Gasteiger partial charge on any atom is 0.269 e. The Balaban J connectivity index is 1.98. The summed E-state index contributed by atoms with van der Waals surface area (Å²) in [5, 5.41) is 13.5. The monoisotopic (exact) mass is 440 g/mol. The van der Waals surface area contributed by atoms with Gasteiger partial charge in [-0.15, -0.1) is 0 Å². The molecule has 0 aliphatic rings. The molecule has 2 aromatic carbocycles. The van der Waals surface area contributed by atoms with Crippen molar-refractivity contribution in [2.24, 2.45) is 0 Å². The van der Waals surface area contributed by atoms with Crippen molar-refractivity contribution in [3.05, 3.63) is 63.7 Å². The minimum atomic E-state index is -0.465. The Morgan fingerprint density at radius 1 is 1.00 bits per heavy atom. The Morgan fingerprint density at radius 2 is 1.62 bits per heavy atom. The van der Waals surface area contributed by atoms with Gasteiger partial charge in [0.25, 0.3) is 5.69 Å². The molecular formula is C26H36N2O4. The number of carbonyl (C=O) groups is 1. The standard InChI is InChI=1S/C26H36N2O4/c1-7-25(3,4)19-11-16-23(22(18-19)26(5,6)8-2)32-17-9-10-24(29)27-20-12-14-21(15-13-20)28(30)31/h11-16,18H,7-10,17H2,1-6H3,(H,27,29). The normalized spacial score (nSPS) is 11.8. The van der Waals surface area contributed by atoms with Crippen LogP contribution in [0.1, 0.15) is 78.4 Å². The number of benzene rings is 2. The Hall–Kier alpha value is -2.89. The molecule has 0 atom stereocenters. The molecule has 0 spiro atoms. The van der Waals surface area contributed by atoms with Gasteiger partial charge < -0.3 is 10.1 Å². The zero-order valence-electron chi connectivity index (χ0n) is 20.2. The van der Waals surface area contributed by atoms with E-state index >= 15 is 0 Å². The first kappa shape index (κ1) is 25.4. The summed E-state index contributed by atoms with van der Waals surface area (Å²) in [6.45, 7) is 13.8. The molecule has 2 aromatic rings. The molecule has 32 heavy (non-hydrogen) atoms. The fourth-order valence-corrected chi connectivity index (χ4v) is 3.31. The van der Waals surface area contributed by atoms with E-state index in [0.717, 1.165) is 18.6 Å². The molecule has 174 valence electrons. The van der Waals surface area contributed by atoms with E-state index in [1.165, 1.54) is 35.4 Å². The van der Waals surface area contributed by atoms with Crippen molar-refractivity contribution in [3.8, 4) is 5.75 Å². The van der Waals surface area contributed by atoms with Gasteiger partial charge in [-0.05, 0) is 53.9 Å². The van der Waals surface area contributed by atoms with Crippen molar-refractivity contribution in [2.45, 2.75) is 78.1 Å². The summed E-state index contributed by atoms with van der Waals surface area (Å²) in [5.41, 5.74) is 3.15. The van der Waals surface area contributed by atoms with Crippen LogP contribution in [0.15, 0.2) is 42.5 Å². The molecule has 1 amide bonds. The fraction of sp³-hybridized carbons (Fsp3) is 0.500. The van der Waals surface area contributed by atoms with Crippen LogP contribution in [0.5, 0.6) is 5.75 Å². The quantitative estimate of drug-likeness (QED) is 0.237. The molecule has 0 saturated heterocycles. The number of hydrogen-bond donors (Lipinski definition) is 1. The van der Waals surface area contributed by atoms with E-state index < -0.39 is 4.92 Å². The Kier molecular flexibility index (Phi) is 8.42. The van der Waals surface area contributed by atoms with Gasteiger partial charge in [-0.3, -0.25) is 14.9 Å². The van der Waals surface area contributed by atoms with Crippen LogP contribution < -0.4 is 10.1 Å². The molecule has 0 heterocycles. The number of ether oxygens (including phenoxy) is 1. The predicted octanol–water partition coefficient (Wildman–Crippen LogP) is 6.77. The summed E-state index contributed by atoms with van der Waals surface area (Å²) in [5.74, 6) is 0.736. The molecule has 6 nitrogen and oxygen atoms in total. The van der Waals surface area contributed by atoms with Gasteiger partial charge in [0.05, 0.1) is 11.5 Å². The molecule has 0 radical (unpaired) electrons. The van der Waals surface area contributed by atoms with Gasteiger partial charge in [0.15, 0.2) is 0 Å². The van der Waals surface area contributed by atoms with Crippen LogP contribution in [-0.4, -0.2) is 17.4 Å². The van der Waals surface area contributed by atoms with E-state index in [4.69, 9.17) is 4.74 Å². The zero-order valence-corrected chi connectivity index (χ0v) is 20.2. The van der Waals surface area contributed by atoms with Crippen molar-refractivity contribution >= 4 is 17.3 Å². The molecule has 0 unspecified atom stereocenters. The second-order valence-electron chi connectivity index (χ2n) is 9.49. The molecule has 0 fully saturated rings. The summed E-state index contributed by atoms with van der Waals surface area (Å²) in [7, 11) is 0. The molecule has 0 aliphatic heterocycles. The highest BCUT2D eigenvalue weighted by Crippen LogP contribution is 2.38. The summed E-state index contributed by atoms with van der Waals surface area (Å²) >= 11 is 0. The smallest absolute Gasteiger partial charge is 0.269 e. The van der Waals surface area contributed by atoms with Gasteiger partial charge in [-0.1, -0.05) is 53.7 Å². The van der Waals surface area contributed by atoms with E-state index in [1.54, 1.807) is 0 Å².